The van der Waals surface area contributed by atoms with Gasteiger partial charge in [-0.25, -0.2) is 13.1 Å². The average Bonchev–Trinajstić information content (AvgIpc) is 3.05. The lowest BCUT2D eigenvalue weighted by Crippen LogP contribution is -2.49. The van der Waals surface area contributed by atoms with E-state index in [0.29, 0.717) is 29.9 Å². The molecule has 1 spiro atoms. The second kappa shape index (κ2) is 10.3. The van der Waals surface area contributed by atoms with Crippen LogP contribution in [0.4, 0.5) is 5.69 Å². The Bertz CT molecular complexity index is 1510. The SMILES string of the molecule is C[C@H]1/C=C\[C@H]2CC[C@@H]2CS(=O)(=O)NC(=O)c2ccc3c(c2)N(C[C@@H]2CC[C@H]21)C[C@@]1(CCCc2cc(Cl)ccc21)CO3. The van der Waals surface area contributed by atoms with Crippen LogP contribution >= 0.6 is 11.6 Å². The molecular formula is C33H39ClN2O4S. The fourth-order valence-electron chi connectivity index (χ4n) is 8.09. The topological polar surface area (TPSA) is 75.7 Å². The van der Waals surface area contributed by atoms with Gasteiger partial charge < -0.3 is 9.64 Å². The number of aryl methyl sites for hydroxylation is 1. The van der Waals surface area contributed by atoms with Gasteiger partial charge in [0.2, 0.25) is 10.0 Å². The highest BCUT2D eigenvalue weighted by molar-refractivity contribution is 7.90. The van der Waals surface area contributed by atoms with Crippen LogP contribution in [0.3, 0.4) is 0 Å². The van der Waals surface area contributed by atoms with Crippen molar-refractivity contribution in [3.05, 3.63) is 70.3 Å². The molecule has 2 fully saturated rings. The van der Waals surface area contributed by atoms with Crippen LogP contribution in [0.1, 0.15) is 66.9 Å². The van der Waals surface area contributed by atoms with Gasteiger partial charge in [-0.15, -0.1) is 0 Å². The van der Waals surface area contributed by atoms with Crippen LogP contribution in [-0.4, -0.2) is 39.8 Å². The van der Waals surface area contributed by atoms with Gasteiger partial charge in [0.05, 0.1) is 18.0 Å². The monoisotopic (exact) mass is 594 g/mol. The largest absolute Gasteiger partial charge is 0.490 e. The molecule has 6 atom stereocenters. The van der Waals surface area contributed by atoms with E-state index in [0.717, 1.165) is 61.7 Å². The third kappa shape index (κ3) is 5.07. The Hall–Kier alpha value is -2.51. The summed E-state index contributed by atoms with van der Waals surface area (Å²) >= 11 is 6.40. The van der Waals surface area contributed by atoms with E-state index in [1.807, 2.05) is 18.2 Å². The summed E-state index contributed by atoms with van der Waals surface area (Å²) in [6, 6.07) is 11.7. The van der Waals surface area contributed by atoms with Crippen molar-refractivity contribution in [2.75, 3.05) is 30.3 Å². The molecule has 0 saturated heterocycles. The minimum atomic E-state index is -3.75. The first kappa shape index (κ1) is 27.3. The lowest BCUT2D eigenvalue weighted by Gasteiger charge is -2.46. The van der Waals surface area contributed by atoms with Crippen LogP contribution in [0.2, 0.25) is 5.02 Å². The van der Waals surface area contributed by atoms with Crippen LogP contribution in [0.25, 0.3) is 0 Å². The number of sulfonamides is 1. The van der Waals surface area contributed by atoms with Gasteiger partial charge in [-0.1, -0.05) is 36.7 Å². The van der Waals surface area contributed by atoms with Gasteiger partial charge in [0.15, 0.2) is 0 Å². The molecule has 2 aliphatic heterocycles. The number of ether oxygens (including phenoxy) is 1. The minimum absolute atomic E-state index is 0.0136. The van der Waals surface area contributed by atoms with Crippen molar-refractivity contribution in [1.82, 2.24) is 4.72 Å². The summed E-state index contributed by atoms with van der Waals surface area (Å²) in [5, 5.41) is 0.766. The zero-order valence-electron chi connectivity index (χ0n) is 23.7. The third-order valence-corrected chi connectivity index (χ3v) is 12.3. The first-order chi connectivity index (χ1) is 19.7. The van der Waals surface area contributed by atoms with E-state index in [1.54, 1.807) is 6.07 Å². The van der Waals surface area contributed by atoms with E-state index < -0.39 is 15.9 Å². The average molecular weight is 595 g/mol. The van der Waals surface area contributed by atoms with Gasteiger partial charge in [0.25, 0.3) is 5.91 Å². The highest BCUT2D eigenvalue weighted by Gasteiger charge is 2.44. The summed E-state index contributed by atoms with van der Waals surface area (Å²) in [6.45, 7) is 4.55. The molecule has 2 bridgehead atoms. The Labute approximate surface area is 248 Å². The molecule has 2 saturated carbocycles. The molecule has 7 rings (SSSR count). The molecule has 1 N–H and O–H groups in total. The van der Waals surface area contributed by atoms with Gasteiger partial charge in [-0.2, -0.15) is 0 Å². The fourth-order valence-corrected chi connectivity index (χ4v) is 9.75. The number of benzene rings is 2. The molecule has 2 aromatic rings. The van der Waals surface area contributed by atoms with E-state index in [-0.39, 0.29) is 23.0 Å². The summed E-state index contributed by atoms with van der Waals surface area (Å²) in [4.78, 5) is 15.7. The number of hydrogen-bond acceptors (Lipinski definition) is 5. The lowest BCUT2D eigenvalue weighted by atomic mass is 9.66. The Morgan fingerprint density at radius 2 is 1.90 bits per heavy atom. The van der Waals surface area contributed by atoms with Crippen LogP contribution in [0, 0.1) is 29.6 Å². The standard InChI is InChI=1S/C33H39ClN2O4S/c1-21-4-5-22-6-7-26(22)18-41(38,39)35-32(37)24-9-13-31-30(16-24)36(17-25-8-11-28(21)25)19-33(20-40-31)14-2-3-23-15-27(34)10-12-29(23)33/h4-5,9-10,12-13,15-16,21-22,25-26,28H,2-3,6-8,11,14,17-20H2,1H3,(H,35,37)/b5-4-/t21-,22-,25-,26+,28-,33-/m0/s1. The Kier molecular flexibility index (Phi) is 6.89. The summed E-state index contributed by atoms with van der Waals surface area (Å²) < 4.78 is 35.0. The van der Waals surface area contributed by atoms with Gasteiger partial charge >= 0.3 is 0 Å². The Morgan fingerprint density at radius 3 is 2.68 bits per heavy atom. The van der Waals surface area contributed by atoms with Gasteiger partial charge in [-0.05, 0) is 116 Å². The quantitative estimate of drug-likeness (QED) is 0.371. The number of nitrogens with one attached hydrogen (secondary N) is 1. The zero-order chi connectivity index (χ0) is 28.4. The van der Waals surface area contributed by atoms with Crippen molar-refractivity contribution in [1.29, 1.82) is 0 Å². The van der Waals surface area contributed by atoms with Crippen molar-refractivity contribution in [2.24, 2.45) is 29.6 Å². The summed E-state index contributed by atoms with van der Waals surface area (Å²) in [5.41, 5.74) is 3.66. The van der Waals surface area contributed by atoms with Crippen molar-refractivity contribution in [2.45, 2.75) is 57.3 Å². The van der Waals surface area contributed by atoms with Crippen LogP contribution < -0.4 is 14.4 Å². The number of amides is 1. The molecule has 3 aliphatic carbocycles. The maximum Gasteiger partial charge on any atom is 0.264 e. The number of anilines is 1. The molecule has 218 valence electrons. The summed E-state index contributed by atoms with van der Waals surface area (Å²) in [5.74, 6) is 2.09. The zero-order valence-corrected chi connectivity index (χ0v) is 25.2. The van der Waals surface area contributed by atoms with E-state index >= 15 is 0 Å². The van der Waals surface area contributed by atoms with Gasteiger partial charge in [0, 0.05) is 29.1 Å². The molecule has 0 unspecified atom stereocenters. The van der Waals surface area contributed by atoms with Gasteiger partial charge in [-0.3, -0.25) is 4.79 Å². The number of nitrogens with zero attached hydrogens (tertiary/aromatic N) is 1. The lowest BCUT2D eigenvalue weighted by molar-refractivity contribution is 0.0981. The summed E-state index contributed by atoms with van der Waals surface area (Å²) in [7, 11) is -3.75. The van der Waals surface area contributed by atoms with Crippen molar-refractivity contribution < 1.29 is 17.9 Å². The Balaban J connectivity index is 1.29. The minimum Gasteiger partial charge on any atom is -0.490 e. The number of rotatable bonds is 0. The number of fused-ring (bicyclic) bond motifs is 5. The van der Waals surface area contributed by atoms with E-state index in [4.69, 9.17) is 16.3 Å². The predicted molar refractivity (Wildman–Crippen MR) is 162 cm³/mol. The maximum absolute atomic E-state index is 13.3. The second-order valence-corrected chi connectivity index (χ2v) is 15.4. The number of halogens is 1. The molecule has 2 heterocycles. The fraction of sp³-hybridized carbons (Fsp3) is 0.545. The molecule has 1 amide bonds. The van der Waals surface area contributed by atoms with Crippen molar-refractivity contribution in [3.63, 3.8) is 0 Å². The first-order valence-electron chi connectivity index (χ1n) is 15.2. The highest BCUT2D eigenvalue weighted by atomic mass is 35.5. The molecule has 0 radical (unpaired) electrons. The maximum atomic E-state index is 13.3. The van der Waals surface area contributed by atoms with Crippen LogP contribution in [0.5, 0.6) is 5.75 Å². The van der Waals surface area contributed by atoms with Crippen molar-refractivity contribution >= 4 is 33.2 Å². The predicted octanol–water partition coefficient (Wildman–Crippen LogP) is 6.13. The summed E-state index contributed by atoms with van der Waals surface area (Å²) in [6.07, 6.45) is 12.0. The molecule has 41 heavy (non-hydrogen) atoms. The first-order valence-corrected chi connectivity index (χ1v) is 17.3. The second-order valence-electron chi connectivity index (χ2n) is 13.2. The van der Waals surface area contributed by atoms with Gasteiger partial charge in [0.1, 0.15) is 5.75 Å². The van der Waals surface area contributed by atoms with Crippen LogP contribution in [-0.2, 0) is 21.9 Å². The highest BCUT2D eigenvalue weighted by Crippen LogP contribution is 2.48. The van der Waals surface area contributed by atoms with E-state index in [9.17, 15) is 13.2 Å². The van der Waals surface area contributed by atoms with Crippen molar-refractivity contribution in [3.8, 4) is 5.75 Å². The number of carbonyl (C=O) groups excluding carboxylic acids is 1. The normalized spacial score (nSPS) is 34.8. The number of allylic oxidation sites excluding steroid dienone is 2. The van der Waals surface area contributed by atoms with Crippen LogP contribution in [0.15, 0.2) is 48.6 Å². The molecular weight excluding hydrogens is 556 g/mol. The third-order valence-electron chi connectivity index (χ3n) is 10.7. The molecule has 8 heteroatoms. The van der Waals surface area contributed by atoms with E-state index in [2.05, 4.69) is 40.8 Å². The molecule has 0 aromatic heterocycles. The number of hydrogen-bond donors (Lipinski definition) is 1. The van der Waals surface area contributed by atoms with E-state index in [1.165, 1.54) is 24.0 Å². The molecule has 6 nitrogen and oxygen atoms in total. The Morgan fingerprint density at radius 1 is 1.05 bits per heavy atom. The molecule has 5 aliphatic rings. The number of carbonyl (C=O) groups is 1. The smallest absolute Gasteiger partial charge is 0.264 e. The molecule has 2 aromatic carbocycles.